The first kappa shape index (κ1) is 19.2. The molecule has 0 N–H and O–H groups in total. The van der Waals surface area contributed by atoms with E-state index in [2.05, 4.69) is 4.98 Å². The largest absolute Gasteiger partial charge is 0.383 e. The summed E-state index contributed by atoms with van der Waals surface area (Å²) in [6.07, 6.45) is 0. The molecule has 4 aromatic rings. The second-order valence-corrected chi connectivity index (χ2v) is 7.39. The molecule has 29 heavy (non-hydrogen) atoms. The molecule has 1 aromatic carbocycles. The van der Waals surface area contributed by atoms with Crippen LogP contribution in [0.5, 0.6) is 0 Å². The number of rotatable bonds is 5. The number of methoxy groups -OCH3 is 1. The smallest absolute Gasteiger partial charge is 0.332 e. The lowest BCUT2D eigenvalue weighted by Crippen LogP contribution is -2.39. The van der Waals surface area contributed by atoms with Crippen LogP contribution in [0.3, 0.4) is 0 Å². The van der Waals surface area contributed by atoms with E-state index < -0.39 is 0 Å². The Morgan fingerprint density at radius 1 is 1.03 bits per heavy atom. The fourth-order valence-electron chi connectivity index (χ4n) is 3.86. The summed E-state index contributed by atoms with van der Waals surface area (Å²) >= 11 is 0. The number of benzene rings is 1. The Labute approximate surface area is 167 Å². The molecule has 3 aromatic heterocycles. The number of nitrogens with zero attached hydrogens (tertiary/aromatic N) is 5. The zero-order chi connectivity index (χ0) is 20.9. The quantitative estimate of drug-likeness (QED) is 0.516. The van der Waals surface area contributed by atoms with Crippen molar-refractivity contribution in [1.82, 2.24) is 23.1 Å². The highest BCUT2D eigenvalue weighted by atomic mass is 16.5. The van der Waals surface area contributed by atoms with Gasteiger partial charge in [0.15, 0.2) is 11.2 Å². The predicted molar refractivity (Wildman–Crippen MR) is 112 cm³/mol. The number of ether oxygens (including phenoxy) is 1. The second kappa shape index (κ2) is 7.04. The lowest BCUT2D eigenvalue weighted by molar-refractivity contribution is 0.187. The summed E-state index contributed by atoms with van der Waals surface area (Å²) in [6.45, 7) is 7.31. The van der Waals surface area contributed by atoms with E-state index in [1.807, 2.05) is 54.0 Å². The molecule has 4 rings (SSSR count). The van der Waals surface area contributed by atoms with E-state index in [1.165, 1.54) is 9.13 Å². The molecule has 0 atom stereocenters. The van der Waals surface area contributed by atoms with Crippen LogP contribution in [0.2, 0.25) is 0 Å². The molecule has 0 aliphatic carbocycles. The molecule has 0 radical (unpaired) electrons. The minimum absolute atomic E-state index is 0.226. The van der Waals surface area contributed by atoms with Gasteiger partial charge < -0.3 is 9.30 Å². The van der Waals surface area contributed by atoms with E-state index in [0.29, 0.717) is 30.1 Å². The van der Waals surface area contributed by atoms with Gasteiger partial charge in [-0.25, -0.2) is 4.79 Å². The van der Waals surface area contributed by atoms with Gasteiger partial charge in [0.05, 0.1) is 13.2 Å². The monoisotopic (exact) mass is 395 g/mol. The van der Waals surface area contributed by atoms with Crippen molar-refractivity contribution in [3.63, 3.8) is 0 Å². The maximum atomic E-state index is 13.4. The Balaban J connectivity index is 2.03. The lowest BCUT2D eigenvalue weighted by atomic mass is 10.1. The molecule has 0 aliphatic rings. The van der Waals surface area contributed by atoms with Gasteiger partial charge in [-0.2, -0.15) is 4.98 Å². The summed E-state index contributed by atoms with van der Waals surface area (Å²) < 4.78 is 11.8. The van der Waals surface area contributed by atoms with E-state index in [9.17, 15) is 9.59 Å². The summed E-state index contributed by atoms with van der Waals surface area (Å²) in [7, 11) is 3.31. The molecule has 3 heterocycles. The standard InChI is InChI=1S/C21H25N5O3/c1-13-8-6-7-9-16(13)12-25-19(27)17-18(23(4)21(25)28)22-20-24(10-11-29-5)14(2)15(3)26(17)20/h6-9H,10-12H2,1-5H3. The third-order valence-corrected chi connectivity index (χ3v) is 5.74. The molecule has 0 spiro atoms. The van der Waals surface area contributed by atoms with Gasteiger partial charge in [0.1, 0.15) is 0 Å². The van der Waals surface area contributed by atoms with Crippen molar-refractivity contribution in [2.24, 2.45) is 7.05 Å². The second-order valence-electron chi connectivity index (χ2n) is 7.39. The molecule has 0 fully saturated rings. The Morgan fingerprint density at radius 3 is 2.45 bits per heavy atom. The molecule has 8 nitrogen and oxygen atoms in total. The van der Waals surface area contributed by atoms with Crippen LogP contribution < -0.4 is 11.2 Å². The van der Waals surface area contributed by atoms with Gasteiger partial charge >= 0.3 is 5.69 Å². The van der Waals surface area contributed by atoms with Gasteiger partial charge in [0, 0.05) is 32.1 Å². The van der Waals surface area contributed by atoms with Crippen LogP contribution in [0.25, 0.3) is 16.9 Å². The Kier molecular flexibility index (Phi) is 4.66. The van der Waals surface area contributed by atoms with Crippen LogP contribution in [-0.2, 0) is 24.9 Å². The topological polar surface area (TPSA) is 75.5 Å². The molecular weight excluding hydrogens is 370 g/mol. The van der Waals surface area contributed by atoms with Crippen molar-refractivity contribution < 1.29 is 4.74 Å². The maximum Gasteiger partial charge on any atom is 0.332 e. The molecule has 0 aliphatic heterocycles. The van der Waals surface area contributed by atoms with Gasteiger partial charge in [0.25, 0.3) is 5.56 Å². The van der Waals surface area contributed by atoms with Gasteiger partial charge in [-0.1, -0.05) is 24.3 Å². The van der Waals surface area contributed by atoms with Crippen LogP contribution in [0.15, 0.2) is 33.9 Å². The summed E-state index contributed by atoms with van der Waals surface area (Å²) in [5.74, 6) is 0.646. The highest BCUT2D eigenvalue weighted by Crippen LogP contribution is 2.20. The highest BCUT2D eigenvalue weighted by molar-refractivity contribution is 5.76. The Hall–Kier alpha value is -3.13. The maximum absolute atomic E-state index is 13.4. The van der Waals surface area contributed by atoms with Crippen LogP contribution in [0.1, 0.15) is 22.5 Å². The van der Waals surface area contributed by atoms with Crippen molar-refractivity contribution >= 4 is 16.9 Å². The number of aryl methyl sites for hydroxylation is 3. The van der Waals surface area contributed by atoms with E-state index >= 15 is 0 Å². The van der Waals surface area contributed by atoms with Crippen molar-refractivity contribution in [2.75, 3.05) is 13.7 Å². The summed E-state index contributed by atoms with van der Waals surface area (Å²) in [5.41, 5.74) is 4.05. The number of fused-ring (bicyclic) bond motifs is 3. The first-order chi connectivity index (χ1) is 13.9. The average molecular weight is 395 g/mol. The summed E-state index contributed by atoms with van der Waals surface area (Å²) in [5, 5.41) is 0. The van der Waals surface area contributed by atoms with E-state index in [0.717, 1.165) is 22.5 Å². The first-order valence-electron chi connectivity index (χ1n) is 9.58. The first-order valence-corrected chi connectivity index (χ1v) is 9.58. The van der Waals surface area contributed by atoms with Gasteiger partial charge in [-0.3, -0.25) is 18.3 Å². The van der Waals surface area contributed by atoms with Crippen LogP contribution in [0, 0.1) is 20.8 Å². The van der Waals surface area contributed by atoms with E-state index in [4.69, 9.17) is 4.74 Å². The molecule has 152 valence electrons. The molecule has 0 amide bonds. The third-order valence-electron chi connectivity index (χ3n) is 5.74. The fraction of sp³-hybridized carbons (Fsp3) is 0.381. The van der Waals surface area contributed by atoms with Crippen molar-refractivity contribution in [1.29, 1.82) is 0 Å². The fourth-order valence-corrected chi connectivity index (χ4v) is 3.86. The molecule has 8 heteroatoms. The SMILES string of the molecule is COCCn1c(C)c(C)n2c3c(=O)n(Cc4ccccc4C)c(=O)n(C)c3nc12. The molecular formula is C21H25N5O3. The van der Waals surface area contributed by atoms with E-state index in [-0.39, 0.29) is 17.8 Å². The predicted octanol–water partition coefficient (Wildman–Crippen LogP) is 1.77. The van der Waals surface area contributed by atoms with Crippen LogP contribution >= 0.6 is 0 Å². The Morgan fingerprint density at radius 2 is 1.76 bits per heavy atom. The van der Waals surface area contributed by atoms with Crippen molar-refractivity contribution in [2.45, 2.75) is 33.9 Å². The van der Waals surface area contributed by atoms with E-state index in [1.54, 1.807) is 14.2 Å². The van der Waals surface area contributed by atoms with Crippen molar-refractivity contribution in [3.05, 3.63) is 67.6 Å². The zero-order valence-electron chi connectivity index (χ0n) is 17.4. The number of hydrogen-bond donors (Lipinski definition) is 0. The highest BCUT2D eigenvalue weighted by Gasteiger charge is 2.22. The van der Waals surface area contributed by atoms with Gasteiger partial charge in [-0.15, -0.1) is 0 Å². The molecule has 0 saturated heterocycles. The average Bonchev–Trinajstić information content (AvgIpc) is 3.20. The molecule has 0 bridgehead atoms. The summed E-state index contributed by atoms with van der Waals surface area (Å²) in [4.78, 5) is 31.1. The van der Waals surface area contributed by atoms with Gasteiger partial charge in [-0.05, 0) is 31.9 Å². The Bertz CT molecular complexity index is 1350. The van der Waals surface area contributed by atoms with Crippen molar-refractivity contribution in [3.8, 4) is 0 Å². The minimum Gasteiger partial charge on any atom is -0.383 e. The van der Waals surface area contributed by atoms with Crippen LogP contribution in [0.4, 0.5) is 0 Å². The lowest BCUT2D eigenvalue weighted by Gasteiger charge is -2.10. The molecule has 0 saturated carbocycles. The third kappa shape index (κ3) is 2.82. The normalized spacial score (nSPS) is 11.8. The number of aromatic nitrogens is 5. The number of imidazole rings is 2. The number of hydrogen-bond acceptors (Lipinski definition) is 4. The molecule has 0 unspecified atom stereocenters. The zero-order valence-corrected chi connectivity index (χ0v) is 17.4. The van der Waals surface area contributed by atoms with Crippen LogP contribution in [-0.4, -0.2) is 36.8 Å². The summed E-state index contributed by atoms with van der Waals surface area (Å²) in [6, 6.07) is 7.77. The minimum atomic E-state index is -0.371. The van der Waals surface area contributed by atoms with Gasteiger partial charge in [0.2, 0.25) is 5.78 Å².